The van der Waals surface area contributed by atoms with Gasteiger partial charge in [0.25, 0.3) is 0 Å². The van der Waals surface area contributed by atoms with E-state index >= 15 is 0 Å². The lowest BCUT2D eigenvalue weighted by molar-refractivity contribution is -0.116. The van der Waals surface area contributed by atoms with E-state index in [1.54, 1.807) is 6.92 Å². The van der Waals surface area contributed by atoms with Crippen LogP contribution in [0.5, 0.6) is 0 Å². The maximum atomic E-state index is 11.0. The van der Waals surface area contributed by atoms with Crippen molar-refractivity contribution in [2.24, 2.45) is 0 Å². The first-order valence-electron chi connectivity index (χ1n) is 4.96. The molecule has 15 heavy (non-hydrogen) atoms. The Balaban J connectivity index is 2.27. The minimum atomic E-state index is 0.168. The minimum absolute atomic E-state index is 0.168. The molecule has 0 aromatic heterocycles. The highest BCUT2D eigenvalue weighted by Crippen LogP contribution is 2.30. The van der Waals surface area contributed by atoms with E-state index in [0.717, 1.165) is 17.1 Å². The number of fused-ring (bicyclic) bond motifs is 1. The summed E-state index contributed by atoms with van der Waals surface area (Å²) in [6.07, 6.45) is 2.42. The second kappa shape index (κ2) is 3.77. The average molecular weight is 202 g/mol. The molecule has 0 saturated heterocycles. The normalized spacial score (nSPS) is 14.0. The number of anilines is 2. The number of rotatable bonds is 2. The van der Waals surface area contributed by atoms with Crippen LogP contribution in [0.2, 0.25) is 0 Å². The molecule has 1 N–H and O–H groups in total. The molecule has 1 aliphatic heterocycles. The lowest BCUT2D eigenvalue weighted by Gasteiger charge is -2.26. The lowest BCUT2D eigenvalue weighted by Crippen LogP contribution is -2.20. The summed E-state index contributed by atoms with van der Waals surface area (Å²) in [4.78, 5) is 13.1. The van der Waals surface area contributed by atoms with Crippen molar-refractivity contribution < 1.29 is 4.79 Å². The lowest BCUT2D eigenvalue weighted by atomic mass is 10.1. The Morgan fingerprint density at radius 1 is 1.40 bits per heavy atom. The van der Waals surface area contributed by atoms with E-state index in [0.29, 0.717) is 6.42 Å². The number of para-hydroxylation sites is 2. The molecule has 1 heterocycles. The Morgan fingerprint density at radius 3 is 2.87 bits per heavy atom. The fourth-order valence-electron chi connectivity index (χ4n) is 1.75. The molecule has 78 valence electrons. The zero-order valence-electron chi connectivity index (χ0n) is 8.95. The molecule has 0 aliphatic carbocycles. The molecule has 3 heteroatoms. The molecule has 0 amide bonds. The van der Waals surface area contributed by atoms with Gasteiger partial charge in [-0.3, -0.25) is 4.79 Å². The predicted molar refractivity (Wildman–Crippen MR) is 61.8 cm³/mol. The van der Waals surface area contributed by atoms with Crippen molar-refractivity contribution >= 4 is 17.2 Å². The smallest absolute Gasteiger partial charge is 0.135 e. The van der Waals surface area contributed by atoms with Gasteiger partial charge in [-0.2, -0.15) is 0 Å². The van der Waals surface area contributed by atoms with Gasteiger partial charge in [-0.15, -0.1) is 0 Å². The molecule has 0 bridgehead atoms. The summed E-state index contributed by atoms with van der Waals surface area (Å²) in [6, 6.07) is 8.04. The number of nitrogens with one attached hydrogen (secondary N) is 1. The molecular formula is C12H14N2O. The van der Waals surface area contributed by atoms with E-state index in [2.05, 4.69) is 5.32 Å². The summed E-state index contributed by atoms with van der Waals surface area (Å²) in [5, 5.41) is 3.26. The summed E-state index contributed by atoms with van der Waals surface area (Å²) in [6.45, 7) is 1.60. The van der Waals surface area contributed by atoms with Gasteiger partial charge in [0.05, 0.1) is 11.4 Å². The van der Waals surface area contributed by atoms with Crippen LogP contribution in [0.25, 0.3) is 0 Å². The van der Waals surface area contributed by atoms with Crippen LogP contribution in [-0.2, 0) is 4.79 Å². The van der Waals surface area contributed by atoms with Gasteiger partial charge in [0.15, 0.2) is 0 Å². The van der Waals surface area contributed by atoms with Crippen LogP contribution < -0.4 is 10.2 Å². The molecule has 2 rings (SSSR count). The number of ketones is 1. The van der Waals surface area contributed by atoms with Crippen molar-refractivity contribution in [3.8, 4) is 0 Å². The van der Waals surface area contributed by atoms with Crippen LogP contribution in [-0.4, -0.2) is 12.8 Å². The minimum Gasteiger partial charge on any atom is -0.356 e. The maximum Gasteiger partial charge on any atom is 0.135 e. The second-order valence-corrected chi connectivity index (χ2v) is 3.79. The molecular weight excluding hydrogens is 188 g/mol. The zero-order chi connectivity index (χ0) is 10.8. The van der Waals surface area contributed by atoms with Gasteiger partial charge < -0.3 is 10.2 Å². The van der Waals surface area contributed by atoms with E-state index < -0.39 is 0 Å². The molecule has 0 spiro atoms. The number of carbonyl (C=O) groups excluding carboxylic acids is 1. The van der Waals surface area contributed by atoms with Crippen molar-refractivity contribution in [2.45, 2.75) is 13.3 Å². The van der Waals surface area contributed by atoms with E-state index in [-0.39, 0.29) is 5.78 Å². The van der Waals surface area contributed by atoms with Crippen molar-refractivity contribution in [1.82, 2.24) is 0 Å². The standard InChI is InChI=1S/C12H14N2O/c1-9(15)7-10-8-14(2)12-6-4-3-5-11(12)13-10/h3-6,8,13H,7H2,1-2H3. The summed E-state index contributed by atoms with van der Waals surface area (Å²) < 4.78 is 0. The molecule has 1 aliphatic rings. The number of hydrogen-bond acceptors (Lipinski definition) is 3. The van der Waals surface area contributed by atoms with Gasteiger partial charge in [-0.1, -0.05) is 12.1 Å². The largest absolute Gasteiger partial charge is 0.356 e. The molecule has 0 radical (unpaired) electrons. The number of benzene rings is 1. The molecule has 3 nitrogen and oxygen atoms in total. The van der Waals surface area contributed by atoms with E-state index in [1.807, 2.05) is 42.4 Å². The average Bonchev–Trinajstić information content (AvgIpc) is 2.16. The van der Waals surface area contributed by atoms with Crippen LogP contribution >= 0.6 is 0 Å². The number of Topliss-reactive ketones (excluding diaryl/α,β-unsaturated/α-hetero) is 1. The van der Waals surface area contributed by atoms with Gasteiger partial charge in [-0.25, -0.2) is 0 Å². The maximum absolute atomic E-state index is 11.0. The van der Waals surface area contributed by atoms with Crippen molar-refractivity contribution in [2.75, 3.05) is 17.3 Å². The van der Waals surface area contributed by atoms with Crippen LogP contribution in [0.3, 0.4) is 0 Å². The third-order valence-corrected chi connectivity index (χ3v) is 2.37. The number of carbonyl (C=O) groups is 1. The Labute approximate surface area is 89.4 Å². The first-order valence-corrected chi connectivity index (χ1v) is 4.96. The Morgan fingerprint density at radius 2 is 2.13 bits per heavy atom. The first kappa shape index (κ1) is 9.77. The highest BCUT2D eigenvalue weighted by Gasteiger charge is 2.13. The van der Waals surface area contributed by atoms with E-state index in [4.69, 9.17) is 0 Å². The Hall–Kier alpha value is -1.77. The molecule has 1 aromatic rings. The number of nitrogens with zero attached hydrogens (tertiary/aromatic N) is 1. The highest BCUT2D eigenvalue weighted by molar-refractivity contribution is 5.82. The fourth-order valence-corrected chi connectivity index (χ4v) is 1.75. The molecule has 0 fully saturated rings. The number of hydrogen-bond donors (Lipinski definition) is 1. The van der Waals surface area contributed by atoms with Crippen LogP contribution in [0.15, 0.2) is 36.2 Å². The Bertz CT molecular complexity index is 423. The topological polar surface area (TPSA) is 32.3 Å². The fraction of sp³-hybridized carbons (Fsp3) is 0.250. The van der Waals surface area contributed by atoms with Crippen LogP contribution in [0, 0.1) is 0 Å². The third kappa shape index (κ3) is 2.01. The highest BCUT2D eigenvalue weighted by atomic mass is 16.1. The van der Waals surface area contributed by atoms with E-state index in [1.165, 1.54) is 0 Å². The predicted octanol–water partition coefficient (Wildman–Crippen LogP) is 2.37. The third-order valence-electron chi connectivity index (χ3n) is 2.37. The van der Waals surface area contributed by atoms with Crippen molar-refractivity contribution in [1.29, 1.82) is 0 Å². The molecule has 1 aromatic carbocycles. The Kier molecular flexibility index (Phi) is 2.46. The van der Waals surface area contributed by atoms with Crippen LogP contribution in [0.1, 0.15) is 13.3 Å². The first-order chi connectivity index (χ1) is 7.16. The van der Waals surface area contributed by atoms with Gasteiger partial charge in [-0.05, 0) is 19.1 Å². The molecule has 0 unspecified atom stereocenters. The monoisotopic (exact) mass is 202 g/mol. The van der Waals surface area contributed by atoms with Gasteiger partial charge in [0.1, 0.15) is 5.78 Å². The van der Waals surface area contributed by atoms with Gasteiger partial charge in [0, 0.05) is 25.4 Å². The van der Waals surface area contributed by atoms with Gasteiger partial charge >= 0.3 is 0 Å². The van der Waals surface area contributed by atoms with Crippen LogP contribution in [0.4, 0.5) is 11.4 Å². The van der Waals surface area contributed by atoms with Crippen molar-refractivity contribution in [3.63, 3.8) is 0 Å². The second-order valence-electron chi connectivity index (χ2n) is 3.79. The quantitative estimate of drug-likeness (QED) is 0.799. The summed E-state index contributed by atoms with van der Waals surface area (Å²) >= 11 is 0. The number of allylic oxidation sites excluding steroid dienone is 1. The summed E-state index contributed by atoms with van der Waals surface area (Å²) in [5.41, 5.74) is 3.13. The SMILES string of the molecule is CC(=O)CC1=CN(C)c2ccccc2N1. The summed E-state index contributed by atoms with van der Waals surface area (Å²) in [7, 11) is 1.99. The van der Waals surface area contributed by atoms with Gasteiger partial charge in [0.2, 0.25) is 0 Å². The zero-order valence-corrected chi connectivity index (χ0v) is 8.95. The van der Waals surface area contributed by atoms with E-state index in [9.17, 15) is 4.79 Å². The summed E-state index contributed by atoms with van der Waals surface area (Å²) in [5.74, 6) is 0.168. The molecule has 0 saturated carbocycles. The van der Waals surface area contributed by atoms with Crippen molar-refractivity contribution in [3.05, 3.63) is 36.2 Å². The molecule has 0 atom stereocenters.